The van der Waals surface area contributed by atoms with Crippen molar-refractivity contribution in [2.24, 2.45) is 0 Å². The van der Waals surface area contributed by atoms with Gasteiger partial charge in [0.05, 0.1) is 10.6 Å². The molecule has 21 heavy (non-hydrogen) atoms. The van der Waals surface area contributed by atoms with Crippen LogP contribution in [-0.2, 0) is 10.0 Å². The van der Waals surface area contributed by atoms with Gasteiger partial charge in [-0.25, -0.2) is 8.42 Å². The van der Waals surface area contributed by atoms with Gasteiger partial charge in [0, 0.05) is 17.8 Å². The zero-order chi connectivity index (χ0) is 15.8. The third kappa shape index (κ3) is 3.03. The van der Waals surface area contributed by atoms with Gasteiger partial charge in [-0.3, -0.25) is 19.6 Å². The molecule has 0 bridgehead atoms. The lowest BCUT2D eigenvalue weighted by Crippen LogP contribution is -2.13. The van der Waals surface area contributed by atoms with Crippen molar-refractivity contribution in [1.29, 1.82) is 0 Å². The van der Waals surface area contributed by atoms with E-state index in [2.05, 4.69) is 4.98 Å². The highest BCUT2D eigenvalue weighted by molar-refractivity contribution is 7.94. The van der Waals surface area contributed by atoms with Crippen LogP contribution in [0.2, 0.25) is 0 Å². The largest absolute Gasteiger partial charge is 0.506 e. The molecule has 0 fully saturated rings. The monoisotopic (exact) mass is 331 g/mol. The Kier molecular flexibility index (Phi) is 3.70. The summed E-state index contributed by atoms with van der Waals surface area (Å²) in [5, 5.41) is 20.2. The van der Waals surface area contributed by atoms with E-state index in [0.717, 1.165) is 18.2 Å². The number of rotatable bonds is 4. The first-order valence-corrected chi connectivity index (χ1v) is 7.70. The second-order valence-electron chi connectivity index (χ2n) is 3.99. The van der Waals surface area contributed by atoms with Crippen molar-refractivity contribution in [3.63, 3.8) is 0 Å². The Bertz CT molecular complexity index is 867. The summed E-state index contributed by atoms with van der Waals surface area (Å²) < 4.78 is 26.0. The number of aryl methyl sites for hydroxylation is 1. The van der Waals surface area contributed by atoms with Crippen molar-refractivity contribution in [3.05, 3.63) is 43.7 Å². The second-order valence-corrected chi connectivity index (χ2v) is 6.85. The van der Waals surface area contributed by atoms with Crippen LogP contribution in [0.3, 0.4) is 0 Å². The third-order valence-electron chi connectivity index (χ3n) is 2.46. The molecule has 0 aliphatic carbocycles. The van der Waals surface area contributed by atoms with E-state index in [1.165, 1.54) is 6.92 Å². The summed E-state index contributed by atoms with van der Waals surface area (Å²) in [5.41, 5.74) is -0.587. The Labute approximate surface area is 122 Å². The SMILES string of the molecule is Cc1[nH]c(=O)sc1S(=O)(=O)Nc1cc([N+](=O)[O-])ccc1O. The van der Waals surface area contributed by atoms with Crippen molar-refractivity contribution in [2.45, 2.75) is 11.1 Å². The average Bonchev–Trinajstić information content (AvgIpc) is 2.71. The first-order chi connectivity index (χ1) is 9.70. The summed E-state index contributed by atoms with van der Waals surface area (Å²) in [5.74, 6) is -0.468. The highest BCUT2D eigenvalue weighted by Gasteiger charge is 2.23. The highest BCUT2D eigenvalue weighted by atomic mass is 32.2. The molecule has 1 aromatic heterocycles. The number of H-pyrrole nitrogens is 1. The van der Waals surface area contributed by atoms with Gasteiger partial charge < -0.3 is 10.1 Å². The van der Waals surface area contributed by atoms with Gasteiger partial charge in [0.2, 0.25) is 0 Å². The van der Waals surface area contributed by atoms with Crippen LogP contribution in [0.15, 0.2) is 27.2 Å². The molecular formula is C10H9N3O6S2. The summed E-state index contributed by atoms with van der Waals surface area (Å²) in [6.07, 6.45) is 0. The Morgan fingerprint density at radius 1 is 1.43 bits per heavy atom. The number of nitro benzene ring substituents is 1. The van der Waals surface area contributed by atoms with Gasteiger partial charge in [0.1, 0.15) is 5.75 Å². The molecule has 112 valence electrons. The molecule has 0 atom stereocenters. The number of thiazole rings is 1. The number of phenolic OH excluding ortho intramolecular Hbond substituents is 1. The Morgan fingerprint density at radius 2 is 2.10 bits per heavy atom. The van der Waals surface area contributed by atoms with E-state index in [9.17, 15) is 28.4 Å². The number of anilines is 1. The van der Waals surface area contributed by atoms with Crippen molar-refractivity contribution in [2.75, 3.05) is 4.72 Å². The topological polar surface area (TPSA) is 142 Å². The van der Waals surface area contributed by atoms with Gasteiger partial charge in [-0.15, -0.1) is 0 Å². The minimum absolute atomic E-state index is 0.141. The van der Waals surface area contributed by atoms with E-state index in [-0.39, 0.29) is 21.3 Å². The zero-order valence-corrected chi connectivity index (χ0v) is 12.1. The Balaban J connectivity index is 2.46. The van der Waals surface area contributed by atoms with E-state index in [1.807, 2.05) is 4.72 Å². The fourth-order valence-corrected chi connectivity index (χ4v) is 3.92. The number of nitro groups is 1. The summed E-state index contributed by atoms with van der Waals surface area (Å²) >= 11 is 0.480. The molecule has 2 rings (SSSR count). The normalized spacial score (nSPS) is 11.3. The van der Waals surface area contributed by atoms with E-state index < -0.39 is 25.6 Å². The van der Waals surface area contributed by atoms with Crippen LogP contribution in [0.5, 0.6) is 5.75 Å². The molecule has 0 aliphatic heterocycles. The van der Waals surface area contributed by atoms with Crippen LogP contribution < -0.4 is 9.60 Å². The Hall–Kier alpha value is -2.40. The molecule has 3 N–H and O–H groups in total. The van der Waals surface area contributed by atoms with E-state index >= 15 is 0 Å². The number of non-ortho nitro benzene ring substituents is 1. The molecule has 0 saturated heterocycles. The first-order valence-electron chi connectivity index (χ1n) is 5.40. The lowest BCUT2D eigenvalue weighted by molar-refractivity contribution is -0.384. The maximum atomic E-state index is 12.1. The van der Waals surface area contributed by atoms with Crippen LogP contribution in [0.25, 0.3) is 0 Å². The second kappa shape index (κ2) is 5.18. The smallest absolute Gasteiger partial charge is 0.306 e. The average molecular weight is 331 g/mol. The summed E-state index contributed by atoms with van der Waals surface area (Å²) in [7, 11) is -4.13. The minimum Gasteiger partial charge on any atom is -0.506 e. The molecule has 0 amide bonds. The van der Waals surface area contributed by atoms with Gasteiger partial charge in [-0.05, 0) is 13.0 Å². The van der Waals surface area contributed by atoms with Gasteiger partial charge >= 0.3 is 4.87 Å². The predicted octanol–water partition coefficient (Wildman–Crippen LogP) is 1.16. The van der Waals surface area contributed by atoms with E-state index in [4.69, 9.17) is 0 Å². The number of hydrogen-bond acceptors (Lipinski definition) is 7. The molecule has 9 nitrogen and oxygen atoms in total. The van der Waals surface area contributed by atoms with Crippen LogP contribution in [0, 0.1) is 17.0 Å². The maximum absolute atomic E-state index is 12.1. The number of aromatic amines is 1. The van der Waals surface area contributed by atoms with Crippen molar-refractivity contribution in [1.82, 2.24) is 4.98 Å². The number of nitrogens with one attached hydrogen (secondary N) is 2. The Morgan fingerprint density at radius 3 is 2.62 bits per heavy atom. The van der Waals surface area contributed by atoms with E-state index in [1.54, 1.807) is 0 Å². The number of benzene rings is 1. The predicted molar refractivity (Wildman–Crippen MR) is 75.2 cm³/mol. The van der Waals surface area contributed by atoms with Crippen molar-refractivity contribution < 1.29 is 18.4 Å². The van der Waals surface area contributed by atoms with Gasteiger partial charge in [-0.2, -0.15) is 0 Å². The standard InChI is InChI=1S/C10H9N3O6S2/c1-5-9(20-10(15)11-5)21(18,19)12-7-4-6(13(16)17)2-3-8(7)14/h2-4,12,14H,1H3,(H,11,15). The number of sulfonamides is 1. The lowest BCUT2D eigenvalue weighted by Gasteiger charge is -2.08. The summed E-state index contributed by atoms with van der Waals surface area (Å²) in [6, 6.07) is 2.92. The fraction of sp³-hybridized carbons (Fsp3) is 0.100. The van der Waals surface area contributed by atoms with Gasteiger partial charge in [0.25, 0.3) is 15.7 Å². The molecule has 0 aliphatic rings. The van der Waals surface area contributed by atoms with Crippen LogP contribution in [0.4, 0.5) is 11.4 Å². The fourth-order valence-electron chi connectivity index (χ4n) is 1.56. The number of phenols is 1. The zero-order valence-electron chi connectivity index (χ0n) is 10.5. The molecule has 0 radical (unpaired) electrons. The van der Waals surface area contributed by atoms with Crippen molar-refractivity contribution >= 4 is 32.7 Å². The van der Waals surface area contributed by atoms with Gasteiger partial charge in [-0.1, -0.05) is 11.3 Å². The molecule has 1 aromatic carbocycles. The third-order valence-corrected chi connectivity index (χ3v) is 5.43. The minimum atomic E-state index is -4.13. The van der Waals surface area contributed by atoms with Crippen LogP contribution >= 0.6 is 11.3 Å². The number of aromatic nitrogens is 1. The number of nitrogens with zero attached hydrogens (tertiary/aromatic N) is 1. The first kappa shape index (κ1) is 15.0. The molecule has 0 spiro atoms. The molecule has 1 heterocycles. The van der Waals surface area contributed by atoms with Gasteiger partial charge in [0.15, 0.2) is 4.21 Å². The lowest BCUT2D eigenvalue weighted by atomic mass is 10.2. The maximum Gasteiger partial charge on any atom is 0.306 e. The molecule has 0 saturated carbocycles. The van der Waals surface area contributed by atoms with Crippen LogP contribution in [0.1, 0.15) is 5.69 Å². The quantitative estimate of drug-likeness (QED) is 0.436. The molecule has 0 unspecified atom stereocenters. The molecule has 2 aromatic rings. The summed E-state index contributed by atoms with van der Waals surface area (Å²) in [6.45, 7) is 1.40. The van der Waals surface area contributed by atoms with Crippen molar-refractivity contribution in [3.8, 4) is 5.75 Å². The number of aromatic hydroxyl groups is 1. The summed E-state index contributed by atoms with van der Waals surface area (Å²) in [4.78, 5) is 22.9. The van der Waals surface area contributed by atoms with E-state index in [0.29, 0.717) is 11.3 Å². The molecule has 11 heteroatoms. The number of hydrogen-bond donors (Lipinski definition) is 3. The van der Waals surface area contributed by atoms with Crippen LogP contribution in [-0.4, -0.2) is 23.4 Å². The highest BCUT2D eigenvalue weighted by Crippen LogP contribution is 2.30. The molecular weight excluding hydrogens is 322 g/mol.